The fourth-order valence-corrected chi connectivity index (χ4v) is 5.38. The molecule has 0 aliphatic carbocycles. The molecule has 0 aromatic carbocycles. The van der Waals surface area contributed by atoms with Gasteiger partial charge in [0, 0.05) is 25.5 Å². The average molecular weight is 463 g/mol. The van der Waals surface area contributed by atoms with Gasteiger partial charge in [0.15, 0.2) is 0 Å². The van der Waals surface area contributed by atoms with Crippen LogP contribution in [0.2, 0.25) is 0 Å². The van der Waals surface area contributed by atoms with Crippen LogP contribution in [0.3, 0.4) is 0 Å². The topological polar surface area (TPSA) is 6.48 Å². The predicted octanol–water partition coefficient (Wildman–Crippen LogP) is 10.4. The summed E-state index contributed by atoms with van der Waals surface area (Å²) in [5, 5.41) is 0. The number of rotatable bonds is 25. The Morgan fingerprint density at radius 1 is 0.424 bits per heavy atom. The Labute approximate surface area is 210 Å². The molecule has 33 heavy (non-hydrogen) atoms. The van der Waals surface area contributed by atoms with E-state index in [1.54, 1.807) is 0 Å². The van der Waals surface area contributed by atoms with Gasteiger partial charge in [-0.1, -0.05) is 142 Å². The van der Waals surface area contributed by atoms with E-state index in [0.29, 0.717) is 6.17 Å². The lowest BCUT2D eigenvalue weighted by atomic mass is 10.0. The number of hydrogen-bond acceptors (Lipinski definition) is 2. The van der Waals surface area contributed by atoms with Crippen molar-refractivity contribution in [3.63, 3.8) is 0 Å². The van der Waals surface area contributed by atoms with Crippen LogP contribution in [0.4, 0.5) is 0 Å². The van der Waals surface area contributed by atoms with E-state index in [2.05, 4.69) is 43.0 Å². The summed E-state index contributed by atoms with van der Waals surface area (Å²) in [5.41, 5.74) is 0. The number of hydrogen-bond donors (Lipinski definition) is 0. The summed E-state index contributed by atoms with van der Waals surface area (Å²) in [6, 6.07) is 0. The summed E-state index contributed by atoms with van der Waals surface area (Å²) >= 11 is 0. The van der Waals surface area contributed by atoms with E-state index < -0.39 is 0 Å². The highest BCUT2D eigenvalue weighted by Crippen LogP contribution is 2.22. The van der Waals surface area contributed by atoms with Gasteiger partial charge >= 0.3 is 0 Å². The lowest BCUT2D eigenvalue weighted by molar-refractivity contribution is 0.142. The molecule has 2 heteroatoms. The highest BCUT2D eigenvalue weighted by atomic mass is 15.4. The van der Waals surface area contributed by atoms with Crippen LogP contribution in [0.25, 0.3) is 0 Å². The molecule has 1 heterocycles. The van der Waals surface area contributed by atoms with Gasteiger partial charge in [0.05, 0.1) is 0 Å². The van der Waals surface area contributed by atoms with E-state index in [9.17, 15) is 0 Å². The Hall–Kier alpha value is -0.660. The van der Waals surface area contributed by atoms with Crippen molar-refractivity contribution in [2.75, 3.05) is 13.1 Å². The van der Waals surface area contributed by atoms with Crippen LogP contribution >= 0.6 is 0 Å². The first kappa shape index (κ1) is 30.4. The fraction of sp³-hybridized carbons (Fsp3) is 0.935. The SMILES string of the molecule is CCCCCCCCCCCCCCCCCN1C=CN(CC)C1CCCCCCCCC. The normalized spacial score (nSPS) is 15.8. The minimum Gasteiger partial charge on any atom is -0.356 e. The van der Waals surface area contributed by atoms with E-state index in [1.807, 2.05) is 0 Å². The molecule has 1 aliphatic rings. The van der Waals surface area contributed by atoms with Crippen molar-refractivity contribution < 1.29 is 0 Å². The second kappa shape index (κ2) is 23.1. The maximum atomic E-state index is 2.64. The Kier molecular flexibility index (Phi) is 21.3. The van der Waals surface area contributed by atoms with Crippen LogP contribution in [0.5, 0.6) is 0 Å². The van der Waals surface area contributed by atoms with Crippen molar-refractivity contribution in [1.82, 2.24) is 9.80 Å². The number of unbranched alkanes of at least 4 members (excludes halogenated alkanes) is 20. The summed E-state index contributed by atoms with van der Waals surface area (Å²) in [6.45, 7) is 9.32. The zero-order valence-corrected chi connectivity index (χ0v) is 23.3. The molecule has 0 aromatic rings. The summed E-state index contributed by atoms with van der Waals surface area (Å²) < 4.78 is 0. The van der Waals surface area contributed by atoms with Crippen LogP contribution < -0.4 is 0 Å². The first-order chi connectivity index (χ1) is 16.3. The summed E-state index contributed by atoms with van der Waals surface area (Å²) in [4.78, 5) is 5.20. The van der Waals surface area contributed by atoms with Gasteiger partial charge in [-0.15, -0.1) is 0 Å². The largest absolute Gasteiger partial charge is 0.356 e. The average Bonchev–Trinajstić information content (AvgIpc) is 3.22. The van der Waals surface area contributed by atoms with E-state index in [0.717, 1.165) is 6.54 Å². The minimum absolute atomic E-state index is 0.636. The molecule has 1 aliphatic heterocycles. The second-order valence-electron chi connectivity index (χ2n) is 10.7. The van der Waals surface area contributed by atoms with Crippen molar-refractivity contribution in [2.24, 2.45) is 0 Å². The predicted molar refractivity (Wildman–Crippen MR) is 150 cm³/mol. The highest BCUT2D eigenvalue weighted by molar-refractivity contribution is 4.96. The molecule has 0 aromatic heterocycles. The van der Waals surface area contributed by atoms with Crippen LogP contribution in [-0.4, -0.2) is 29.1 Å². The standard InChI is InChI=1S/C31H62N2/c1-4-7-9-11-13-14-15-16-17-18-19-20-22-24-26-28-33-30-29-32(6-3)31(33)27-25-23-21-12-10-8-5-2/h29-31H,4-28H2,1-3H3. The molecular weight excluding hydrogens is 400 g/mol. The molecule has 0 N–H and O–H groups in total. The third-order valence-corrected chi connectivity index (χ3v) is 7.67. The molecule has 0 bridgehead atoms. The maximum Gasteiger partial charge on any atom is 0.101 e. The Balaban J connectivity index is 1.95. The molecule has 0 saturated heterocycles. The quantitative estimate of drug-likeness (QED) is 0.124. The van der Waals surface area contributed by atoms with E-state index >= 15 is 0 Å². The summed E-state index contributed by atoms with van der Waals surface area (Å²) in [6.07, 6.45) is 38.3. The third kappa shape index (κ3) is 16.6. The molecule has 0 amide bonds. The Morgan fingerprint density at radius 3 is 1.21 bits per heavy atom. The molecule has 0 spiro atoms. The maximum absolute atomic E-state index is 2.64. The molecule has 1 unspecified atom stereocenters. The number of nitrogens with zero attached hydrogens (tertiary/aromatic N) is 2. The van der Waals surface area contributed by atoms with Gasteiger partial charge in [-0.25, -0.2) is 0 Å². The highest BCUT2D eigenvalue weighted by Gasteiger charge is 2.23. The van der Waals surface area contributed by atoms with Gasteiger partial charge in [0.25, 0.3) is 0 Å². The third-order valence-electron chi connectivity index (χ3n) is 7.67. The van der Waals surface area contributed by atoms with Crippen LogP contribution in [-0.2, 0) is 0 Å². The van der Waals surface area contributed by atoms with Crippen molar-refractivity contribution >= 4 is 0 Å². The first-order valence-electron chi connectivity index (χ1n) is 15.5. The van der Waals surface area contributed by atoms with Crippen LogP contribution in [0.1, 0.15) is 168 Å². The van der Waals surface area contributed by atoms with Gasteiger partial charge in [0.1, 0.15) is 6.17 Å². The second-order valence-corrected chi connectivity index (χ2v) is 10.7. The lowest BCUT2D eigenvalue weighted by Crippen LogP contribution is -2.38. The molecule has 0 radical (unpaired) electrons. The van der Waals surface area contributed by atoms with E-state index in [-0.39, 0.29) is 0 Å². The Bertz CT molecular complexity index is 419. The molecule has 1 atom stereocenters. The molecule has 196 valence electrons. The zero-order chi connectivity index (χ0) is 23.8. The van der Waals surface area contributed by atoms with Crippen LogP contribution in [0, 0.1) is 0 Å². The zero-order valence-electron chi connectivity index (χ0n) is 23.3. The van der Waals surface area contributed by atoms with Gasteiger partial charge in [-0.05, 0) is 26.2 Å². The fourth-order valence-electron chi connectivity index (χ4n) is 5.38. The summed E-state index contributed by atoms with van der Waals surface area (Å²) in [7, 11) is 0. The van der Waals surface area contributed by atoms with E-state index in [1.165, 1.54) is 154 Å². The van der Waals surface area contributed by atoms with Gasteiger partial charge in [-0.2, -0.15) is 0 Å². The molecule has 0 fully saturated rings. The Morgan fingerprint density at radius 2 is 0.788 bits per heavy atom. The van der Waals surface area contributed by atoms with Crippen molar-refractivity contribution in [2.45, 2.75) is 175 Å². The minimum atomic E-state index is 0.636. The lowest BCUT2D eigenvalue weighted by Gasteiger charge is -2.32. The smallest absolute Gasteiger partial charge is 0.101 e. The van der Waals surface area contributed by atoms with E-state index in [4.69, 9.17) is 0 Å². The first-order valence-corrected chi connectivity index (χ1v) is 15.5. The van der Waals surface area contributed by atoms with Crippen molar-refractivity contribution in [1.29, 1.82) is 0 Å². The monoisotopic (exact) mass is 462 g/mol. The van der Waals surface area contributed by atoms with Crippen LogP contribution in [0.15, 0.2) is 12.4 Å². The summed E-state index contributed by atoms with van der Waals surface area (Å²) in [5.74, 6) is 0. The molecular formula is C31H62N2. The van der Waals surface area contributed by atoms with Crippen molar-refractivity contribution in [3.05, 3.63) is 12.4 Å². The van der Waals surface area contributed by atoms with Gasteiger partial charge in [-0.3, -0.25) is 0 Å². The molecule has 2 nitrogen and oxygen atoms in total. The van der Waals surface area contributed by atoms with Gasteiger partial charge in [0.2, 0.25) is 0 Å². The molecule has 1 rings (SSSR count). The van der Waals surface area contributed by atoms with Crippen molar-refractivity contribution in [3.8, 4) is 0 Å². The molecule has 0 saturated carbocycles. The van der Waals surface area contributed by atoms with Gasteiger partial charge < -0.3 is 9.80 Å².